The number of hydrogen-bond acceptors (Lipinski definition) is 6. The maximum Gasteiger partial charge on any atom is 0.163 e. The molecule has 0 amide bonds. The Bertz CT molecular complexity index is 1230. The van der Waals surface area contributed by atoms with Gasteiger partial charge >= 0.3 is 0 Å². The van der Waals surface area contributed by atoms with Crippen LogP contribution in [0.1, 0.15) is 32.0 Å². The van der Waals surface area contributed by atoms with Crippen molar-refractivity contribution in [1.82, 2.24) is 20.3 Å². The Hall–Kier alpha value is -3.16. The van der Waals surface area contributed by atoms with E-state index in [9.17, 15) is 5.11 Å². The molecule has 2 heterocycles. The lowest BCUT2D eigenvalue weighted by atomic mass is 9.94. The van der Waals surface area contributed by atoms with Gasteiger partial charge in [-0.15, -0.1) is 0 Å². The lowest BCUT2D eigenvalue weighted by Gasteiger charge is -2.28. The molecule has 7 nitrogen and oxygen atoms in total. The minimum Gasteiger partial charge on any atom is -0.493 e. The van der Waals surface area contributed by atoms with Gasteiger partial charge < -0.3 is 24.9 Å². The number of rotatable bonds is 10. The zero-order valence-electron chi connectivity index (χ0n) is 19.7. The largest absolute Gasteiger partial charge is 0.493 e. The van der Waals surface area contributed by atoms with Gasteiger partial charge in [-0.3, -0.25) is 0 Å². The van der Waals surface area contributed by atoms with Gasteiger partial charge in [0.05, 0.1) is 18.3 Å². The van der Waals surface area contributed by atoms with Crippen molar-refractivity contribution in [3.05, 3.63) is 60.2 Å². The van der Waals surface area contributed by atoms with Crippen LogP contribution in [0.15, 0.2) is 48.9 Å². The summed E-state index contributed by atoms with van der Waals surface area (Å²) in [4.78, 5) is 12.0. The van der Waals surface area contributed by atoms with E-state index >= 15 is 0 Å². The number of benzene rings is 2. The molecular formula is C26H32N4O3. The molecule has 4 aromatic rings. The van der Waals surface area contributed by atoms with Gasteiger partial charge in [0.1, 0.15) is 19.0 Å². The Kier molecular flexibility index (Phi) is 6.81. The van der Waals surface area contributed by atoms with Gasteiger partial charge in [-0.2, -0.15) is 0 Å². The molecule has 0 aliphatic rings. The maximum absolute atomic E-state index is 10.6. The fraction of sp³-hybridized carbons (Fsp3) is 0.385. The molecule has 33 heavy (non-hydrogen) atoms. The highest BCUT2D eigenvalue weighted by Crippen LogP contribution is 2.32. The standard InChI is InChI=1S/C26H32N4O3/c1-5-21-20-10-24(32-4)25(11-23(20)29-16-28-21)33-15-18(31)14-30-26(2,3)12-17-13-27-22-9-7-6-8-19(17)22/h6-11,13,16,18,27,30-31H,5,12,14-15H2,1-4H3. The third-order valence-corrected chi connectivity index (χ3v) is 5.89. The van der Waals surface area contributed by atoms with Crippen molar-refractivity contribution in [2.45, 2.75) is 45.3 Å². The number of aliphatic hydroxyl groups excluding tert-OH is 1. The fourth-order valence-electron chi connectivity index (χ4n) is 4.13. The van der Waals surface area contributed by atoms with Gasteiger partial charge in [-0.05, 0) is 44.4 Å². The normalized spacial score (nSPS) is 12.9. The molecule has 2 aromatic heterocycles. The van der Waals surface area contributed by atoms with Crippen LogP contribution in [0.2, 0.25) is 0 Å². The van der Waals surface area contributed by atoms with Crippen LogP contribution in [0.3, 0.4) is 0 Å². The van der Waals surface area contributed by atoms with Crippen molar-refractivity contribution < 1.29 is 14.6 Å². The highest BCUT2D eigenvalue weighted by Gasteiger charge is 2.21. The number of aromatic nitrogens is 3. The molecule has 0 spiro atoms. The Morgan fingerprint density at radius 2 is 1.94 bits per heavy atom. The van der Waals surface area contributed by atoms with Gasteiger partial charge in [0.2, 0.25) is 0 Å². The van der Waals surface area contributed by atoms with Crippen molar-refractivity contribution in [2.24, 2.45) is 0 Å². The molecule has 1 atom stereocenters. The number of ether oxygens (including phenoxy) is 2. The Balaban J connectivity index is 1.37. The summed E-state index contributed by atoms with van der Waals surface area (Å²) >= 11 is 0. The van der Waals surface area contributed by atoms with Gasteiger partial charge in [0, 0.05) is 40.6 Å². The molecular weight excluding hydrogens is 416 g/mol. The second-order valence-electron chi connectivity index (χ2n) is 8.96. The summed E-state index contributed by atoms with van der Waals surface area (Å²) in [6, 6.07) is 12.0. The molecule has 4 rings (SSSR count). The van der Waals surface area contributed by atoms with Gasteiger partial charge in [-0.1, -0.05) is 25.1 Å². The van der Waals surface area contributed by atoms with Crippen molar-refractivity contribution in [1.29, 1.82) is 0 Å². The van der Waals surface area contributed by atoms with E-state index in [1.807, 2.05) is 18.2 Å². The van der Waals surface area contributed by atoms with Crippen molar-refractivity contribution >= 4 is 21.8 Å². The number of nitrogens with zero attached hydrogens (tertiary/aromatic N) is 2. The first-order valence-electron chi connectivity index (χ1n) is 11.3. The van der Waals surface area contributed by atoms with Gasteiger partial charge in [0.15, 0.2) is 11.5 Å². The summed E-state index contributed by atoms with van der Waals surface area (Å²) in [6.07, 6.45) is 4.59. The number of β-amino-alcohol motifs (C(OH)–C–C–N with tert-alkyl or cyclic N) is 1. The first kappa shape index (κ1) is 23.0. The predicted molar refractivity (Wildman–Crippen MR) is 131 cm³/mol. The van der Waals surface area contributed by atoms with Crippen LogP contribution in [0.25, 0.3) is 21.8 Å². The van der Waals surface area contributed by atoms with Gasteiger partial charge in [0.25, 0.3) is 0 Å². The van der Waals surface area contributed by atoms with Crippen molar-refractivity contribution in [3.8, 4) is 11.5 Å². The number of methoxy groups -OCH3 is 1. The fourth-order valence-corrected chi connectivity index (χ4v) is 4.13. The third kappa shape index (κ3) is 5.26. The molecule has 1 unspecified atom stereocenters. The molecule has 0 saturated carbocycles. The number of aromatic amines is 1. The van der Waals surface area contributed by atoms with E-state index in [1.165, 1.54) is 10.9 Å². The Labute approximate surface area is 194 Å². The molecule has 0 saturated heterocycles. The maximum atomic E-state index is 10.6. The first-order valence-corrected chi connectivity index (χ1v) is 11.3. The number of aryl methyl sites for hydroxylation is 1. The number of para-hydroxylation sites is 1. The van der Waals surface area contributed by atoms with Crippen LogP contribution in [-0.4, -0.2) is 52.0 Å². The second-order valence-corrected chi connectivity index (χ2v) is 8.96. The second kappa shape index (κ2) is 9.77. The summed E-state index contributed by atoms with van der Waals surface area (Å²) in [5, 5.41) is 16.2. The van der Waals surface area contributed by atoms with Crippen LogP contribution in [-0.2, 0) is 12.8 Å². The molecule has 0 fully saturated rings. The minimum atomic E-state index is -0.677. The molecule has 2 aromatic carbocycles. The Morgan fingerprint density at radius 1 is 1.12 bits per heavy atom. The molecule has 0 aliphatic carbocycles. The smallest absolute Gasteiger partial charge is 0.163 e. The van der Waals surface area contributed by atoms with Crippen LogP contribution in [0.4, 0.5) is 0 Å². The van der Waals surface area contributed by atoms with E-state index in [0.29, 0.717) is 18.0 Å². The predicted octanol–water partition coefficient (Wildman–Crippen LogP) is 4.03. The monoisotopic (exact) mass is 448 g/mol. The summed E-state index contributed by atoms with van der Waals surface area (Å²) in [5.74, 6) is 1.16. The van der Waals surface area contributed by atoms with E-state index in [0.717, 1.165) is 35.0 Å². The average Bonchev–Trinajstić information content (AvgIpc) is 3.22. The van der Waals surface area contributed by atoms with E-state index in [1.54, 1.807) is 13.4 Å². The van der Waals surface area contributed by atoms with Crippen molar-refractivity contribution in [3.63, 3.8) is 0 Å². The average molecular weight is 449 g/mol. The zero-order chi connectivity index (χ0) is 23.4. The van der Waals surface area contributed by atoms with E-state index < -0.39 is 6.10 Å². The lowest BCUT2D eigenvalue weighted by Crippen LogP contribution is -2.46. The van der Waals surface area contributed by atoms with Crippen LogP contribution in [0.5, 0.6) is 11.5 Å². The highest BCUT2D eigenvalue weighted by molar-refractivity contribution is 5.84. The zero-order valence-corrected chi connectivity index (χ0v) is 19.7. The van der Waals surface area contributed by atoms with Crippen LogP contribution in [0, 0.1) is 0 Å². The SMILES string of the molecule is CCc1ncnc2cc(OCC(O)CNC(C)(C)Cc3c[nH]c4ccccc34)c(OC)cc12. The Morgan fingerprint density at radius 3 is 2.73 bits per heavy atom. The third-order valence-electron chi connectivity index (χ3n) is 5.89. The molecule has 174 valence electrons. The van der Waals surface area contributed by atoms with E-state index in [2.05, 4.69) is 65.4 Å². The number of nitrogens with one attached hydrogen (secondary N) is 2. The summed E-state index contributed by atoms with van der Waals surface area (Å²) in [5.41, 5.74) is 3.96. The van der Waals surface area contributed by atoms with Crippen LogP contribution >= 0.6 is 0 Å². The number of hydrogen-bond donors (Lipinski definition) is 3. The number of aliphatic hydroxyl groups is 1. The molecule has 0 aliphatic heterocycles. The summed E-state index contributed by atoms with van der Waals surface area (Å²) in [6.45, 7) is 6.89. The molecule has 0 bridgehead atoms. The quantitative estimate of drug-likeness (QED) is 0.339. The van der Waals surface area contributed by atoms with E-state index in [-0.39, 0.29) is 12.1 Å². The molecule has 7 heteroatoms. The minimum absolute atomic E-state index is 0.143. The van der Waals surface area contributed by atoms with Crippen LogP contribution < -0.4 is 14.8 Å². The topological polar surface area (TPSA) is 92.3 Å². The highest BCUT2D eigenvalue weighted by atomic mass is 16.5. The molecule has 0 radical (unpaired) electrons. The first-order chi connectivity index (χ1) is 15.9. The summed E-state index contributed by atoms with van der Waals surface area (Å²) < 4.78 is 11.4. The number of fused-ring (bicyclic) bond motifs is 2. The van der Waals surface area contributed by atoms with E-state index in [4.69, 9.17) is 9.47 Å². The number of H-pyrrole nitrogens is 1. The lowest BCUT2D eigenvalue weighted by molar-refractivity contribution is 0.0974. The van der Waals surface area contributed by atoms with Gasteiger partial charge in [-0.25, -0.2) is 9.97 Å². The molecule has 3 N–H and O–H groups in total. The van der Waals surface area contributed by atoms with Crippen molar-refractivity contribution in [2.75, 3.05) is 20.3 Å². The summed E-state index contributed by atoms with van der Waals surface area (Å²) in [7, 11) is 1.61.